The largest absolute Gasteiger partial charge is 0.341 e. The molecule has 20 heavy (non-hydrogen) atoms. The van der Waals surface area contributed by atoms with Gasteiger partial charge in [0.15, 0.2) is 0 Å². The van der Waals surface area contributed by atoms with Gasteiger partial charge in [0.1, 0.15) is 0 Å². The number of hydrogen-bond donors (Lipinski definition) is 1. The maximum Gasteiger partial charge on any atom is 0.226 e. The van der Waals surface area contributed by atoms with Crippen LogP contribution in [0.4, 0.5) is 0 Å². The molecule has 3 unspecified atom stereocenters. The molecule has 1 amide bonds. The Morgan fingerprint density at radius 3 is 2.45 bits per heavy atom. The molecule has 1 fully saturated rings. The van der Waals surface area contributed by atoms with Gasteiger partial charge in [-0.15, -0.1) is 0 Å². The Balaban J connectivity index is 2.69. The molecule has 0 bridgehead atoms. The van der Waals surface area contributed by atoms with Crippen molar-refractivity contribution in [3.8, 4) is 0 Å². The Kier molecular flexibility index (Phi) is 6.96. The maximum absolute atomic E-state index is 12.9. The van der Waals surface area contributed by atoms with E-state index in [1.807, 2.05) is 0 Å². The van der Waals surface area contributed by atoms with Crippen molar-refractivity contribution in [3.05, 3.63) is 0 Å². The molecule has 2 N–H and O–H groups in total. The molecule has 0 aromatic heterocycles. The summed E-state index contributed by atoms with van der Waals surface area (Å²) in [7, 11) is 4.11. The van der Waals surface area contributed by atoms with E-state index < -0.39 is 0 Å². The highest BCUT2D eigenvalue weighted by Crippen LogP contribution is 2.30. The van der Waals surface area contributed by atoms with E-state index in [1.165, 1.54) is 0 Å². The van der Waals surface area contributed by atoms with E-state index in [4.69, 9.17) is 5.73 Å². The summed E-state index contributed by atoms with van der Waals surface area (Å²) in [5.41, 5.74) is 6.07. The van der Waals surface area contributed by atoms with Crippen molar-refractivity contribution in [2.24, 2.45) is 23.5 Å². The second-order valence-corrected chi connectivity index (χ2v) is 7.14. The van der Waals surface area contributed by atoms with Gasteiger partial charge in [-0.25, -0.2) is 0 Å². The van der Waals surface area contributed by atoms with E-state index in [0.29, 0.717) is 17.7 Å². The Labute approximate surface area is 124 Å². The fourth-order valence-electron chi connectivity index (χ4n) is 2.99. The summed E-state index contributed by atoms with van der Waals surface area (Å²) in [6, 6.07) is 0.204. The topological polar surface area (TPSA) is 49.6 Å². The fraction of sp³-hybridized carbons (Fsp3) is 0.938. The van der Waals surface area contributed by atoms with Gasteiger partial charge in [-0.2, -0.15) is 0 Å². The molecule has 0 aromatic rings. The Bertz CT molecular complexity index is 304. The minimum Gasteiger partial charge on any atom is -0.341 e. The molecule has 4 heteroatoms. The summed E-state index contributed by atoms with van der Waals surface area (Å²) in [5.74, 6) is 1.42. The van der Waals surface area contributed by atoms with Crippen LogP contribution in [-0.2, 0) is 4.79 Å². The SMILES string of the molecule is CC(C)CN(CCN(C)C)C(=O)C1CC(N)CCC1C. The zero-order valence-corrected chi connectivity index (χ0v) is 13.9. The summed E-state index contributed by atoms with van der Waals surface area (Å²) in [4.78, 5) is 17.0. The third-order valence-electron chi connectivity index (χ3n) is 4.27. The third kappa shape index (κ3) is 5.41. The van der Waals surface area contributed by atoms with Crippen LogP contribution in [0.15, 0.2) is 0 Å². The standard InChI is InChI=1S/C16H33N3O/c1-12(2)11-19(9-8-18(4)5)16(20)15-10-14(17)7-6-13(15)3/h12-15H,6-11,17H2,1-5H3. The number of rotatable bonds is 6. The lowest BCUT2D eigenvalue weighted by Gasteiger charge is -2.36. The highest BCUT2D eigenvalue weighted by atomic mass is 16.2. The van der Waals surface area contributed by atoms with Crippen LogP contribution in [0, 0.1) is 17.8 Å². The average Bonchev–Trinajstić information content (AvgIpc) is 2.36. The van der Waals surface area contributed by atoms with Gasteiger partial charge >= 0.3 is 0 Å². The smallest absolute Gasteiger partial charge is 0.226 e. The number of hydrogen-bond acceptors (Lipinski definition) is 3. The first-order valence-electron chi connectivity index (χ1n) is 8.00. The number of amides is 1. The Morgan fingerprint density at radius 2 is 1.90 bits per heavy atom. The number of nitrogens with two attached hydrogens (primary N) is 1. The third-order valence-corrected chi connectivity index (χ3v) is 4.27. The molecule has 1 saturated carbocycles. The first-order chi connectivity index (χ1) is 9.31. The number of nitrogens with zero attached hydrogens (tertiary/aromatic N) is 2. The molecule has 4 nitrogen and oxygen atoms in total. The Hall–Kier alpha value is -0.610. The molecule has 0 heterocycles. The molecule has 0 saturated heterocycles. The van der Waals surface area contributed by atoms with Gasteiger partial charge in [0.05, 0.1) is 0 Å². The van der Waals surface area contributed by atoms with E-state index in [2.05, 4.69) is 44.7 Å². The Morgan fingerprint density at radius 1 is 1.25 bits per heavy atom. The van der Waals surface area contributed by atoms with Crippen molar-refractivity contribution in [1.82, 2.24) is 9.80 Å². The van der Waals surface area contributed by atoms with Crippen LogP contribution in [0.3, 0.4) is 0 Å². The molecular formula is C16H33N3O. The normalized spacial score (nSPS) is 27.1. The second kappa shape index (κ2) is 7.99. The van der Waals surface area contributed by atoms with E-state index in [9.17, 15) is 4.79 Å². The van der Waals surface area contributed by atoms with Gasteiger partial charge in [-0.1, -0.05) is 20.8 Å². The molecule has 0 radical (unpaired) electrons. The van der Waals surface area contributed by atoms with Gasteiger partial charge in [0, 0.05) is 31.6 Å². The van der Waals surface area contributed by atoms with Gasteiger partial charge < -0.3 is 15.5 Å². The molecule has 1 aliphatic rings. The molecular weight excluding hydrogens is 250 g/mol. The molecule has 118 valence electrons. The van der Waals surface area contributed by atoms with Crippen LogP contribution < -0.4 is 5.73 Å². The maximum atomic E-state index is 12.9. The zero-order chi connectivity index (χ0) is 15.3. The van der Waals surface area contributed by atoms with Gasteiger partial charge in [0.2, 0.25) is 5.91 Å². The minimum absolute atomic E-state index is 0.125. The summed E-state index contributed by atoms with van der Waals surface area (Å²) in [6.07, 6.45) is 3.00. The lowest BCUT2D eigenvalue weighted by molar-refractivity contribution is -0.139. The van der Waals surface area contributed by atoms with Crippen LogP contribution >= 0.6 is 0 Å². The van der Waals surface area contributed by atoms with Crippen LogP contribution in [0.1, 0.15) is 40.0 Å². The highest BCUT2D eigenvalue weighted by molar-refractivity contribution is 5.79. The minimum atomic E-state index is 0.125. The monoisotopic (exact) mass is 283 g/mol. The van der Waals surface area contributed by atoms with Crippen LogP contribution in [0.2, 0.25) is 0 Å². The summed E-state index contributed by atoms with van der Waals surface area (Å²) < 4.78 is 0. The van der Waals surface area contributed by atoms with Crippen molar-refractivity contribution in [2.75, 3.05) is 33.7 Å². The van der Waals surface area contributed by atoms with Crippen molar-refractivity contribution in [2.45, 2.75) is 46.1 Å². The van der Waals surface area contributed by atoms with Crippen molar-refractivity contribution >= 4 is 5.91 Å². The van der Waals surface area contributed by atoms with E-state index >= 15 is 0 Å². The van der Waals surface area contributed by atoms with E-state index in [-0.39, 0.29) is 12.0 Å². The fourth-order valence-corrected chi connectivity index (χ4v) is 2.99. The summed E-state index contributed by atoms with van der Waals surface area (Å²) >= 11 is 0. The molecule has 1 rings (SSSR count). The lowest BCUT2D eigenvalue weighted by Crippen LogP contribution is -2.46. The predicted octanol–water partition coefficient (Wildman–Crippen LogP) is 1.80. The van der Waals surface area contributed by atoms with E-state index in [1.54, 1.807) is 0 Å². The van der Waals surface area contributed by atoms with Crippen LogP contribution in [-0.4, -0.2) is 55.5 Å². The predicted molar refractivity (Wildman–Crippen MR) is 84.5 cm³/mol. The summed E-state index contributed by atoms with van der Waals surface area (Å²) in [5, 5.41) is 0. The average molecular weight is 283 g/mol. The number of carbonyl (C=O) groups excluding carboxylic acids is 1. The van der Waals surface area contributed by atoms with Gasteiger partial charge in [0.25, 0.3) is 0 Å². The van der Waals surface area contributed by atoms with Crippen molar-refractivity contribution in [3.63, 3.8) is 0 Å². The van der Waals surface area contributed by atoms with Gasteiger partial charge in [-0.05, 0) is 45.2 Å². The lowest BCUT2D eigenvalue weighted by atomic mass is 9.77. The highest BCUT2D eigenvalue weighted by Gasteiger charge is 2.34. The first-order valence-corrected chi connectivity index (χ1v) is 8.00. The van der Waals surface area contributed by atoms with Crippen molar-refractivity contribution in [1.29, 1.82) is 0 Å². The number of carbonyl (C=O) groups is 1. The first kappa shape index (κ1) is 17.4. The van der Waals surface area contributed by atoms with E-state index in [0.717, 1.165) is 38.9 Å². The molecule has 1 aliphatic carbocycles. The molecule has 0 spiro atoms. The quantitative estimate of drug-likeness (QED) is 0.808. The molecule has 0 aliphatic heterocycles. The second-order valence-electron chi connectivity index (χ2n) is 7.14. The van der Waals surface area contributed by atoms with Crippen molar-refractivity contribution < 1.29 is 4.79 Å². The number of likely N-dealkylation sites (N-methyl/N-ethyl adjacent to an activating group) is 1. The van der Waals surface area contributed by atoms with Crippen LogP contribution in [0.5, 0.6) is 0 Å². The summed E-state index contributed by atoms with van der Waals surface area (Å²) in [6.45, 7) is 9.14. The van der Waals surface area contributed by atoms with Gasteiger partial charge in [-0.3, -0.25) is 4.79 Å². The zero-order valence-electron chi connectivity index (χ0n) is 13.9. The van der Waals surface area contributed by atoms with Crippen LogP contribution in [0.25, 0.3) is 0 Å². The molecule has 0 aromatic carbocycles. The molecule has 3 atom stereocenters.